The summed E-state index contributed by atoms with van der Waals surface area (Å²) in [4.78, 5) is 0. The van der Waals surface area contributed by atoms with Crippen LogP contribution in [0.25, 0.3) is 0 Å². The molecule has 0 saturated heterocycles. The molecule has 0 heterocycles. The molecular weight excluding hydrogens is 217 g/mol. The largest absolute Gasteiger partial charge is 0.396 e. The maximum atomic E-state index is 13.4. The number of rotatable bonds is 4. The van der Waals surface area contributed by atoms with Crippen molar-refractivity contribution >= 4 is 0 Å². The van der Waals surface area contributed by atoms with Gasteiger partial charge in [-0.3, -0.25) is 0 Å². The highest BCUT2D eigenvalue weighted by Gasteiger charge is 2.23. The van der Waals surface area contributed by atoms with Gasteiger partial charge < -0.3 is 10.4 Å². The molecule has 1 aliphatic rings. The third-order valence-corrected chi connectivity index (χ3v) is 3.66. The van der Waals surface area contributed by atoms with Crippen LogP contribution >= 0.6 is 0 Å². The minimum Gasteiger partial charge on any atom is -0.396 e. The predicted molar refractivity (Wildman–Crippen MR) is 66.1 cm³/mol. The molecular formula is C14H20FNO. The lowest BCUT2D eigenvalue weighted by molar-refractivity contribution is 0.152. The number of hydrogen-bond acceptors (Lipinski definition) is 2. The van der Waals surface area contributed by atoms with Crippen LogP contribution in [-0.4, -0.2) is 17.8 Å². The fraction of sp³-hybridized carbons (Fsp3) is 0.571. The summed E-state index contributed by atoms with van der Waals surface area (Å²) < 4.78 is 13.4. The molecule has 0 aromatic heterocycles. The van der Waals surface area contributed by atoms with Gasteiger partial charge in [0, 0.05) is 24.8 Å². The van der Waals surface area contributed by atoms with Crippen LogP contribution in [0.5, 0.6) is 0 Å². The van der Waals surface area contributed by atoms with Gasteiger partial charge in [0.2, 0.25) is 0 Å². The van der Waals surface area contributed by atoms with Crippen molar-refractivity contribution in [2.24, 2.45) is 5.92 Å². The molecule has 1 aliphatic carbocycles. The van der Waals surface area contributed by atoms with Crippen molar-refractivity contribution in [3.63, 3.8) is 0 Å². The van der Waals surface area contributed by atoms with Gasteiger partial charge in [-0.15, -0.1) is 0 Å². The molecule has 1 aromatic carbocycles. The molecule has 0 aliphatic heterocycles. The van der Waals surface area contributed by atoms with E-state index < -0.39 is 0 Å². The Bertz CT molecular complexity index is 356. The van der Waals surface area contributed by atoms with Gasteiger partial charge in [0.15, 0.2) is 0 Å². The van der Waals surface area contributed by atoms with E-state index in [4.69, 9.17) is 0 Å². The van der Waals surface area contributed by atoms with Crippen molar-refractivity contribution < 1.29 is 9.50 Å². The monoisotopic (exact) mass is 237 g/mol. The zero-order chi connectivity index (χ0) is 12.1. The van der Waals surface area contributed by atoms with E-state index in [1.165, 1.54) is 18.9 Å². The van der Waals surface area contributed by atoms with Gasteiger partial charge in [0.25, 0.3) is 0 Å². The lowest BCUT2D eigenvalue weighted by atomic mass is 9.85. The normalized spacial score (nSPS) is 24.8. The molecule has 0 bridgehead atoms. The smallest absolute Gasteiger partial charge is 0.127 e. The second-order valence-corrected chi connectivity index (χ2v) is 4.81. The van der Waals surface area contributed by atoms with Crippen LogP contribution in [-0.2, 0) is 6.54 Å². The second kappa shape index (κ2) is 6.12. The van der Waals surface area contributed by atoms with E-state index >= 15 is 0 Å². The molecule has 94 valence electrons. The Kier molecular flexibility index (Phi) is 4.51. The molecule has 2 N–H and O–H groups in total. The summed E-state index contributed by atoms with van der Waals surface area (Å²) in [6, 6.07) is 7.18. The van der Waals surface area contributed by atoms with Crippen LogP contribution in [0.15, 0.2) is 24.3 Å². The lowest BCUT2D eigenvalue weighted by Crippen LogP contribution is -2.39. The minimum atomic E-state index is -0.156. The fourth-order valence-electron chi connectivity index (χ4n) is 2.58. The Morgan fingerprint density at radius 1 is 1.24 bits per heavy atom. The molecule has 1 aromatic rings. The van der Waals surface area contributed by atoms with Gasteiger partial charge in [0.1, 0.15) is 5.82 Å². The van der Waals surface area contributed by atoms with Gasteiger partial charge in [0.05, 0.1) is 0 Å². The molecule has 0 amide bonds. The van der Waals surface area contributed by atoms with E-state index in [0.29, 0.717) is 24.1 Å². The molecule has 2 unspecified atom stereocenters. The number of halogens is 1. The first-order valence-electron chi connectivity index (χ1n) is 6.39. The Labute approximate surface area is 102 Å². The predicted octanol–water partition coefficient (Wildman–Crippen LogP) is 2.47. The Morgan fingerprint density at radius 2 is 2.00 bits per heavy atom. The van der Waals surface area contributed by atoms with Gasteiger partial charge in [-0.25, -0.2) is 4.39 Å². The third kappa shape index (κ3) is 3.27. The van der Waals surface area contributed by atoms with Crippen LogP contribution in [0.2, 0.25) is 0 Å². The summed E-state index contributed by atoms with van der Waals surface area (Å²) in [6.45, 7) is 0.781. The Hall–Kier alpha value is -0.930. The Morgan fingerprint density at radius 3 is 2.76 bits per heavy atom. The molecule has 3 heteroatoms. The summed E-state index contributed by atoms with van der Waals surface area (Å²) in [7, 11) is 0. The summed E-state index contributed by atoms with van der Waals surface area (Å²) in [5.74, 6) is 0.173. The third-order valence-electron chi connectivity index (χ3n) is 3.66. The topological polar surface area (TPSA) is 32.3 Å². The molecule has 17 heavy (non-hydrogen) atoms. The molecule has 1 fully saturated rings. The minimum absolute atomic E-state index is 0.156. The van der Waals surface area contributed by atoms with E-state index in [0.717, 1.165) is 12.8 Å². The zero-order valence-corrected chi connectivity index (χ0v) is 10.0. The van der Waals surface area contributed by atoms with E-state index in [1.54, 1.807) is 12.1 Å². The zero-order valence-electron chi connectivity index (χ0n) is 10.0. The van der Waals surface area contributed by atoms with E-state index in [-0.39, 0.29) is 12.4 Å². The van der Waals surface area contributed by atoms with Crippen molar-refractivity contribution in [2.45, 2.75) is 38.3 Å². The van der Waals surface area contributed by atoms with Crippen molar-refractivity contribution in [1.29, 1.82) is 0 Å². The maximum absolute atomic E-state index is 13.4. The molecule has 0 radical (unpaired) electrons. The first-order valence-corrected chi connectivity index (χ1v) is 6.39. The van der Waals surface area contributed by atoms with E-state index in [9.17, 15) is 9.50 Å². The van der Waals surface area contributed by atoms with Gasteiger partial charge >= 0.3 is 0 Å². The first-order chi connectivity index (χ1) is 8.31. The highest BCUT2D eigenvalue weighted by atomic mass is 19.1. The van der Waals surface area contributed by atoms with Crippen LogP contribution < -0.4 is 5.32 Å². The second-order valence-electron chi connectivity index (χ2n) is 4.81. The van der Waals surface area contributed by atoms with Crippen LogP contribution in [0.1, 0.15) is 31.2 Å². The number of hydrogen-bond donors (Lipinski definition) is 2. The van der Waals surface area contributed by atoms with Crippen LogP contribution in [0.3, 0.4) is 0 Å². The van der Waals surface area contributed by atoms with Crippen molar-refractivity contribution in [2.75, 3.05) is 6.61 Å². The molecule has 2 rings (SSSR count). The molecule has 1 saturated carbocycles. The number of benzene rings is 1. The van der Waals surface area contributed by atoms with Crippen molar-refractivity contribution in [3.8, 4) is 0 Å². The summed E-state index contributed by atoms with van der Waals surface area (Å²) in [6.07, 6.45) is 4.56. The number of aliphatic hydroxyl groups is 1. The molecule has 2 atom stereocenters. The van der Waals surface area contributed by atoms with Gasteiger partial charge in [-0.1, -0.05) is 31.0 Å². The SMILES string of the molecule is OCC1CCCCC1NCc1ccccc1F. The average molecular weight is 237 g/mol. The highest BCUT2D eigenvalue weighted by Crippen LogP contribution is 2.24. The van der Waals surface area contributed by atoms with Crippen LogP contribution in [0, 0.1) is 11.7 Å². The van der Waals surface area contributed by atoms with E-state index in [2.05, 4.69) is 5.32 Å². The van der Waals surface area contributed by atoms with Gasteiger partial charge in [-0.2, -0.15) is 0 Å². The summed E-state index contributed by atoms with van der Waals surface area (Å²) >= 11 is 0. The van der Waals surface area contributed by atoms with Gasteiger partial charge in [-0.05, 0) is 24.8 Å². The van der Waals surface area contributed by atoms with Crippen LogP contribution in [0.4, 0.5) is 4.39 Å². The van der Waals surface area contributed by atoms with Crippen molar-refractivity contribution in [3.05, 3.63) is 35.6 Å². The molecule has 0 spiro atoms. The standard InChI is InChI=1S/C14H20FNO/c15-13-7-3-1-5-11(13)9-16-14-8-4-2-6-12(14)10-17/h1,3,5,7,12,14,16-17H,2,4,6,8-10H2. The highest BCUT2D eigenvalue weighted by molar-refractivity contribution is 5.17. The first kappa shape index (κ1) is 12.5. The number of aliphatic hydroxyl groups excluding tert-OH is 1. The average Bonchev–Trinajstić information content (AvgIpc) is 2.38. The maximum Gasteiger partial charge on any atom is 0.127 e. The summed E-state index contributed by atoms with van der Waals surface area (Å²) in [5, 5.41) is 12.7. The van der Waals surface area contributed by atoms with Crippen molar-refractivity contribution in [1.82, 2.24) is 5.32 Å². The Balaban J connectivity index is 1.90. The fourth-order valence-corrected chi connectivity index (χ4v) is 2.58. The quantitative estimate of drug-likeness (QED) is 0.843. The van der Waals surface area contributed by atoms with E-state index in [1.807, 2.05) is 6.07 Å². The summed E-state index contributed by atoms with van der Waals surface area (Å²) in [5.41, 5.74) is 0.703. The molecule has 2 nitrogen and oxygen atoms in total. The lowest BCUT2D eigenvalue weighted by Gasteiger charge is -2.31. The number of nitrogens with one attached hydrogen (secondary N) is 1.